The minimum Gasteiger partial charge on any atom is -0.467 e. The summed E-state index contributed by atoms with van der Waals surface area (Å²) in [6, 6.07) is 30.6. The Morgan fingerprint density at radius 3 is 1.65 bits per heavy atom. The first kappa shape index (κ1) is 39.6. The van der Waals surface area contributed by atoms with Crippen molar-refractivity contribution < 1.29 is 38.1 Å². The Balaban J connectivity index is 0.971. The average molecular weight is 774 g/mol. The summed E-state index contributed by atoms with van der Waals surface area (Å²) in [6.07, 6.45) is -0.150. The number of rotatable bonds is 13. The van der Waals surface area contributed by atoms with Gasteiger partial charge in [-0.15, -0.1) is 0 Å². The zero-order chi connectivity index (χ0) is 40.1. The van der Waals surface area contributed by atoms with Crippen LogP contribution in [0.5, 0.6) is 0 Å². The first-order chi connectivity index (χ1) is 27.5. The predicted octanol–water partition coefficient (Wildman–Crippen LogP) is 7.56. The number of benzene rings is 4. The number of likely N-dealkylation sites (tertiary alicyclic amines) is 1. The van der Waals surface area contributed by atoms with Gasteiger partial charge in [-0.1, -0.05) is 97.1 Å². The molecule has 3 atom stereocenters. The fraction of sp³-hybridized carbons (Fsp3) is 0.391. The molecule has 1 aliphatic heterocycles. The van der Waals surface area contributed by atoms with Crippen LogP contribution >= 0.6 is 0 Å². The van der Waals surface area contributed by atoms with E-state index in [1.807, 2.05) is 81.4 Å². The summed E-state index contributed by atoms with van der Waals surface area (Å²) >= 11 is 0. The van der Waals surface area contributed by atoms with Crippen LogP contribution in [0, 0.1) is 0 Å². The summed E-state index contributed by atoms with van der Waals surface area (Å²) in [5.74, 6) is -1.18. The molecule has 11 nitrogen and oxygen atoms in total. The van der Waals surface area contributed by atoms with Crippen molar-refractivity contribution in [3.63, 3.8) is 0 Å². The highest BCUT2D eigenvalue weighted by Gasteiger charge is 2.44. The van der Waals surface area contributed by atoms with Gasteiger partial charge >= 0.3 is 18.2 Å². The second-order valence-corrected chi connectivity index (χ2v) is 15.9. The lowest BCUT2D eigenvalue weighted by Gasteiger charge is -2.28. The van der Waals surface area contributed by atoms with Crippen molar-refractivity contribution in [1.29, 1.82) is 0 Å². The van der Waals surface area contributed by atoms with Gasteiger partial charge in [0.05, 0.1) is 18.8 Å². The van der Waals surface area contributed by atoms with E-state index >= 15 is 0 Å². The van der Waals surface area contributed by atoms with Crippen molar-refractivity contribution >= 4 is 24.1 Å². The molecule has 2 N–H and O–H groups in total. The number of unbranched alkanes of at least 4 members (excludes halogenated alkanes) is 1. The summed E-state index contributed by atoms with van der Waals surface area (Å²) in [7, 11) is 1.29. The molecular formula is C46H51N3O8. The third-order valence-electron chi connectivity index (χ3n) is 11.0. The molecule has 1 fully saturated rings. The van der Waals surface area contributed by atoms with Crippen LogP contribution in [0.4, 0.5) is 9.59 Å². The SMILES string of the molecule is COC(=O)[C@@H]1C[C@@H](OC(C)(C)C)CN1C(=O)[C@H](CCCCNC(=O)OCC1c2ccccc2-c2ccccc21)NC(=O)OCC1c2ccccc2-c2ccccc21. The quantitative estimate of drug-likeness (QED) is 0.0809. The summed E-state index contributed by atoms with van der Waals surface area (Å²) in [5.41, 5.74) is 8.45. The normalized spacial score (nSPS) is 17.5. The van der Waals surface area contributed by atoms with Crippen LogP contribution < -0.4 is 10.6 Å². The summed E-state index contributed by atoms with van der Waals surface area (Å²) < 4.78 is 22.8. The number of hydrogen-bond donors (Lipinski definition) is 2. The second-order valence-electron chi connectivity index (χ2n) is 15.9. The van der Waals surface area contributed by atoms with Crippen molar-refractivity contribution in [3.8, 4) is 22.3 Å². The van der Waals surface area contributed by atoms with Gasteiger partial charge in [-0.3, -0.25) is 4.79 Å². The van der Waals surface area contributed by atoms with Crippen molar-refractivity contribution in [2.75, 3.05) is 33.4 Å². The molecule has 0 radical (unpaired) electrons. The van der Waals surface area contributed by atoms with E-state index < -0.39 is 47.9 Å². The van der Waals surface area contributed by atoms with Crippen molar-refractivity contribution in [3.05, 3.63) is 119 Å². The maximum atomic E-state index is 14.3. The van der Waals surface area contributed by atoms with Crippen molar-refractivity contribution in [2.45, 2.75) is 82.1 Å². The molecule has 7 rings (SSSR count). The summed E-state index contributed by atoms with van der Waals surface area (Å²) in [4.78, 5) is 55.0. The zero-order valence-electron chi connectivity index (χ0n) is 33.0. The second kappa shape index (κ2) is 17.2. The van der Waals surface area contributed by atoms with E-state index in [-0.39, 0.29) is 44.4 Å². The number of amides is 3. The lowest BCUT2D eigenvalue weighted by Crippen LogP contribution is -2.52. The molecule has 0 aromatic heterocycles. The smallest absolute Gasteiger partial charge is 0.407 e. The average Bonchev–Trinajstić information content (AvgIpc) is 3.87. The van der Waals surface area contributed by atoms with Crippen molar-refractivity contribution in [2.24, 2.45) is 0 Å². The minimum atomic E-state index is -1.00. The number of hydrogen-bond acceptors (Lipinski definition) is 8. The lowest BCUT2D eigenvalue weighted by molar-refractivity contribution is -0.151. The van der Waals surface area contributed by atoms with E-state index in [9.17, 15) is 19.2 Å². The fourth-order valence-electron chi connectivity index (χ4n) is 8.54. The highest BCUT2D eigenvalue weighted by atomic mass is 16.6. The van der Waals surface area contributed by atoms with Crippen LogP contribution in [0.3, 0.4) is 0 Å². The molecule has 0 bridgehead atoms. The zero-order valence-corrected chi connectivity index (χ0v) is 33.0. The Hall–Kier alpha value is -5.68. The van der Waals surface area contributed by atoms with E-state index in [2.05, 4.69) is 47.0 Å². The number of methoxy groups -OCH3 is 1. The van der Waals surface area contributed by atoms with Crippen molar-refractivity contribution in [1.82, 2.24) is 15.5 Å². The highest BCUT2D eigenvalue weighted by Crippen LogP contribution is 2.45. The number of fused-ring (bicyclic) bond motifs is 6. The molecule has 11 heteroatoms. The predicted molar refractivity (Wildman–Crippen MR) is 216 cm³/mol. The van der Waals surface area contributed by atoms with Gasteiger partial charge in [0.25, 0.3) is 0 Å². The van der Waals surface area contributed by atoms with Gasteiger partial charge in [-0.2, -0.15) is 0 Å². The Labute approximate surface area is 334 Å². The Morgan fingerprint density at radius 1 is 0.702 bits per heavy atom. The number of esters is 1. The third kappa shape index (κ3) is 8.83. The molecule has 1 heterocycles. The monoisotopic (exact) mass is 773 g/mol. The summed E-state index contributed by atoms with van der Waals surface area (Å²) in [5, 5.41) is 5.65. The molecule has 4 aromatic rings. The molecule has 298 valence electrons. The Kier molecular flexibility index (Phi) is 11.9. The molecule has 0 saturated carbocycles. The molecule has 3 aliphatic rings. The van der Waals surface area contributed by atoms with E-state index in [0.717, 1.165) is 44.5 Å². The molecule has 3 amide bonds. The lowest BCUT2D eigenvalue weighted by atomic mass is 9.98. The van der Waals surface area contributed by atoms with E-state index in [0.29, 0.717) is 19.4 Å². The van der Waals surface area contributed by atoms with Gasteiger partial charge in [-0.25, -0.2) is 14.4 Å². The fourth-order valence-corrected chi connectivity index (χ4v) is 8.54. The van der Waals surface area contributed by atoms with Gasteiger partial charge in [-0.05, 0) is 84.5 Å². The number of carbonyl (C=O) groups is 4. The van der Waals surface area contributed by atoms with E-state index in [1.54, 1.807) is 0 Å². The molecule has 57 heavy (non-hydrogen) atoms. The Morgan fingerprint density at radius 2 is 1.18 bits per heavy atom. The van der Waals surface area contributed by atoms with Crippen LogP contribution in [0.25, 0.3) is 22.3 Å². The molecular weight excluding hydrogens is 723 g/mol. The van der Waals surface area contributed by atoms with Crippen LogP contribution in [-0.2, 0) is 28.5 Å². The van der Waals surface area contributed by atoms with Gasteiger partial charge in [0, 0.05) is 31.3 Å². The van der Waals surface area contributed by atoms with Gasteiger partial charge in [0.2, 0.25) is 5.91 Å². The Bertz CT molecular complexity index is 2020. The standard InChI is InChI=1S/C46H51N3O8/c1-46(2,3)57-29-25-41(43(51)54-4)49(26-29)42(50)40(48-45(53)56-28-39-36-21-11-7-17-32(36)33-18-8-12-22-37(33)39)23-13-14-24-47-44(52)55-27-38-34-19-9-5-15-30(34)31-16-6-10-20-35(31)38/h5-12,15-22,29,38-41H,13-14,23-28H2,1-4H3,(H,47,52)(H,48,53)/t29-,40+,41+/m1/s1. The van der Waals surface area contributed by atoms with E-state index in [1.165, 1.54) is 12.0 Å². The number of carbonyl (C=O) groups excluding carboxylic acids is 4. The van der Waals surface area contributed by atoms with Crippen LogP contribution in [0.2, 0.25) is 0 Å². The number of alkyl carbamates (subject to hydrolysis) is 2. The topological polar surface area (TPSA) is 132 Å². The number of nitrogens with zero attached hydrogens (tertiary/aromatic N) is 1. The largest absolute Gasteiger partial charge is 0.467 e. The molecule has 0 spiro atoms. The maximum Gasteiger partial charge on any atom is 0.407 e. The highest BCUT2D eigenvalue weighted by molar-refractivity contribution is 5.90. The van der Waals surface area contributed by atoms with Gasteiger partial charge < -0.3 is 34.5 Å². The molecule has 0 unspecified atom stereocenters. The van der Waals surface area contributed by atoms with Crippen LogP contribution in [0.1, 0.15) is 80.5 Å². The molecule has 1 saturated heterocycles. The number of ether oxygens (including phenoxy) is 4. The van der Waals surface area contributed by atoms with Crippen LogP contribution in [-0.4, -0.2) is 86.2 Å². The minimum absolute atomic E-state index is 0.0493. The third-order valence-corrected chi connectivity index (χ3v) is 11.0. The summed E-state index contributed by atoms with van der Waals surface area (Å²) in [6.45, 7) is 6.52. The maximum absolute atomic E-state index is 14.3. The van der Waals surface area contributed by atoms with Crippen LogP contribution in [0.15, 0.2) is 97.1 Å². The number of nitrogens with one attached hydrogen (secondary N) is 2. The first-order valence-corrected chi connectivity index (χ1v) is 19.8. The van der Waals surface area contributed by atoms with Gasteiger partial charge in [0.1, 0.15) is 25.3 Å². The molecule has 4 aromatic carbocycles. The van der Waals surface area contributed by atoms with Gasteiger partial charge in [0.15, 0.2) is 0 Å². The van der Waals surface area contributed by atoms with E-state index in [4.69, 9.17) is 18.9 Å². The first-order valence-electron chi connectivity index (χ1n) is 19.8. The molecule has 2 aliphatic carbocycles.